The highest BCUT2D eigenvalue weighted by molar-refractivity contribution is 5.83. The molecule has 6 heteroatoms. The molecular weight excluding hydrogens is 292 g/mol. The Morgan fingerprint density at radius 2 is 2.04 bits per heavy atom. The highest BCUT2D eigenvalue weighted by Crippen LogP contribution is 2.18. The van der Waals surface area contributed by atoms with Crippen molar-refractivity contribution in [3.63, 3.8) is 0 Å². The van der Waals surface area contributed by atoms with Crippen LogP contribution in [0.2, 0.25) is 0 Å². The van der Waals surface area contributed by atoms with Gasteiger partial charge in [-0.05, 0) is 37.1 Å². The van der Waals surface area contributed by atoms with Crippen molar-refractivity contribution in [1.82, 2.24) is 9.80 Å². The third-order valence-corrected chi connectivity index (χ3v) is 4.02. The van der Waals surface area contributed by atoms with Crippen LogP contribution in [0.25, 0.3) is 0 Å². The second-order valence-electron chi connectivity index (χ2n) is 5.95. The van der Waals surface area contributed by atoms with E-state index < -0.39 is 0 Å². The highest BCUT2D eigenvalue weighted by atomic mass is 16.2. The lowest BCUT2D eigenvalue weighted by atomic mass is 9.96. The monoisotopic (exact) mass is 314 g/mol. The second kappa shape index (κ2) is 7.63. The average Bonchev–Trinajstić information content (AvgIpc) is 2.59. The first kappa shape index (κ1) is 16.8. The Kier molecular flexibility index (Phi) is 5.58. The number of hydrogen-bond acceptors (Lipinski definition) is 4. The molecule has 6 nitrogen and oxygen atoms in total. The molecule has 0 saturated carbocycles. The van der Waals surface area contributed by atoms with E-state index in [0.717, 1.165) is 18.5 Å². The van der Waals surface area contributed by atoms with E-state index in [0.29, 0.717) is 18.7 Å². The molecule has 1 saturated heterocycles. The zero-order valence-electron chi connectivity index (χ0n) is 13.6. The molecule has 1 heterocycles. The van der Waals surface area contributed by atoms with E-state index in [-0.39, 0.29) is 24.3 Å². The fraction of sp³-hybridized carbons (Fsp3) is 0.471. The first-order valence-electron chi connectivity index (χ1n) is 7.74. The maximum Gasteiger partial charge on any atom is 0.241 e. The van der Waals surface area contributed by atoms with Crippen molar-refractivity contribution < 1.29 is 9.59 Å². The quantitative estimate of drug-likeness (QED) is 0.909. The summed E-state index contributed by atoms with van der Waals surface area (Å²) in [7, 11) is 3.49. The highest BCUT2D eigenvalue weighted by Gasteiger charge is 2.28. The van der Waals surface area contributed by atoms with Crippen molar-refractivity contribution in [2.24, 2.45) is 5.92 Å². The molecule has 0 spiro atoms. The van der Waals surface area contributed by atoms with Crippen LogP contribution in [0.15, 0.2) is 24.3 Å². The summed E-state index contributed by atoms with van der Waals surface area (Å²) in [4.78, 5) is 27.7. The Morgan fingerprint density at radius 3 is 2.65 bits per heavy atom. The summed E-state index contributed by atoms with van der Waals surface area (Å²) in [6.07, 6.45) is 1.69. The van der Waals surface area contributed by atoms with E-state index in [2.05, 4.69) is 11.4 Å². The molecule has 0 unspecified atom stereocenters. The SMILES string of the molecule is CN(C)C(=O)[C@@H]1CCCN(C(=O)CNc2ccc(C#N)cc2)C1. The van der Waals surface area contributed by atoms with Crippen LogP contribution in [0.4, 0.5) is 5.69 Å². The second-order valence-corrected chi connectivity index (χ2v) is 5.95. The topological polar surface area (TPSA) is 76.4 Å². The first-order chi connectivity index (χ1) is 11.0. The number of likely N-dealkylation sites (tertiary alicyclic amines) is 1. The first-order valence-corrected chi connectivity index (χ1v) is 7.74. The van der Waals surface area contributed by atoms with Gasteiger partial charge in [-0.2, -0.15) is 5.26 Å². The largest absolute Gasteiger partial charge is 0.376 e. The summed E-state index contributed by atoms with van der Waals surface area (Å²) in [5, 5.41) is 11.8. The van der Waals surface area contributed by atoms with Crippen LogP contribution in [0.1, 0.15) is 18.4 Å². The number of piperidine rings is 1. The predicted molar refractivity (Wildman–Crippen MR) is 87.6 cm³/mol. The van der Waals surface area contributed by atoms with Crippen LogP contribution >= 0.6 is 0 Å². The molecule has 0 aromatic heterocycles. The third-order valence-electron chi connectivity index (χ3n) is 4.02. The number of nitriles is 1. The van der Waals surface area contributed by atoms with Crippen molar-refractivity contribution in [2.45, 2.75) is 12.8 Å². The minimum absolute atomic E-state index is 0.00869. The molecule has 1 aromatic rings. The number of rotatable bonds is 4. The van der Waals surface area contributed by atoms with Crippen molar-refractivity contribution in [1.29, 1.82) is 5.26 Å². The van der Waals surface area contributed by atoms with Gasteiger partial charge >= 0.3 is 0 Å². The van der Waals surface area contributed by atoms with E-state index in [1.165, 1.54) is 0 Å². The zero-order chi connectivity index (χ0) is 16.8. The summed E-state index contributed by atoms with van der Waals surface area (Å²) >= 11 is 0. The Balaban J connectivity index is 1.87. The van der Waals surface area contributed by atoms with Crippen LogP contribution in [0.3, 0.4) is 0 Å². The average molecular weight is 314 g/mol. The molecule has 0 bridgehead atoms. The van der Waals surface area contributed by atoms with Gasteiger partial charge < -0.3 is 15.1 Å². The summed E-state index contributed by atoms with van der Waals surface area (Å²) in [5.74, 6) is -0.0224. The number of amides is 2. The molecule has 2 amide bonds. The lowest BCUT2D eigenvalue weighted by molar-refractivity contribution is -0.138. The number of carbonyl (C=O) groups excluding carboxylic acids is 2. The van der Waals surface area contributed by atoms with Gasteiger partial charge in [-0.15, -0.1) is 0 Å². The molecule has 1 aromatic carbocycles. The predicted octanol–water partition coefficient (Wildman–Crippen LogP) is 1.30. The molecule has 2 rings (SSSR count). The normalized spacial score (nSPS) is 17.3. The van der Waals surface area contributed by atoms with Gasteiger partial charge in [0.2, 0.25) is 11.8 Å². The summed E-state index contributed by atoms with van der Waals surface area (Å²) in [6, 6.07) is 9.03. The number of carbonyl (C=O) groups is 2. The van der Waals surface area contributed by atoms with Crippen LogP contribution in [-0.2, 0) is 9.59 Å². The van der Waals surface area contributed by atoms with Gasteiger partial charge in [0.25, 0.3) is 0 Å². The van der Waals surface area contributed by atoms with Gasteiger partial charge in [-0.1, -0.05) is 0 Å². The van der Waals surface area contributed by atoms with Crippen LogP contribution in [0, 0.1) is 17.2 Å². The number of anilines is 1. The van der Waals surface area contributed by atoms with Gasteiger partial charge in [0.15, 0.2) is 0 Å². The molecule has 1 fully saturated rings. The Labute approximate surface area is 136 Å². The van der Waals surface area contributed by atoms with E-state index >= 15 is 0 Å². The smallest absolute Gasteiger partial charge is 0.241 e. The summed E-state index contributed by atoms with van der Waals surface area (Å²) < 4.78 is 0. The molecular formula is C17H22N4O2. The minimum Gasteiger partial charge on any atom is -0.376 e. The molecule has 1 aliphatic rings. The van der Waals surface area contributed by atoms with Crippen LogP contribution < -0.4 is 5.32 Å². The van der Waals surface area contributed by atoms with Gasteiger partial charge in [0.05, 0.1) is 24.1 Å². The van der Waals surface area contributed by atoms with Gasteiger partial charge in [-0.3, -0.25) is 9.59 Å². The molecule has 0 radical (unpaired) electrons. The van der Waals surface area contributed by atoms with E-state index in [9.17, 15) is 9.59 Å². The van der Waals surface area contributed by atoms with Gasteiger partial charge in [0.1, 0.15) is 0 Å². The molecule has 23 heavy (non-hydrogen) atoms. The van der Waals surface area contributed by atoms with Crippen molar-refractivity contribution >= 4 is 17.5 Å². The lowest BCUT2D eigenvalue weighted by Crippen LogP contribution is -2.46. The molecule has 0 aliphatic carbocycles. The fourth-order valence-corrected chi connectivity index (χ4v) is 2.72. The molecule has 122 valence electrons. The Bertz CT molecular complexity index is 604. The zero-order valence-corrected chi connectivity index (χ0v) is 13.6. The fourth-order valence-electron chi connectivity index (χ4n) is 2.72. The van der Waals surface area contributed by atoms with Gasteiger partial charge in [0, 0.05) is 32.9 Å². The standard InChI is InChI=1S/C17H22N4O2/c1-20(2)17(23)14-4-3-9-21(12-14)16(22)11-19-15-7-5-13(10-18)6-8-15/h5-8,14,19H,3-4,9,11-12H2,1-2H3/t14-/m1/s1. The molecule has 1 atom stereocenters. The lowest BCUT2D eigenvalue weighted by Gasteiger charge is -2.33. The summed E-state index contributed by atoms with van der Waals surface area (Å²) in [5.41, 5.74) is 1.39. The van der Waals surface area contributed by atoms with E-state index in [1.807, 2.05) is 0 Å². The van der Waals surface area contributed by atoms with Crippen LogP contribution in [0.5, 0.6) is 0 Å². The number of benzene rings is 1. The number of nitrogens with one attached hydrogen (secondary N) is 1. The Hall–Kier alpha value is -2.55. The van der Waals surface area contributed by atoms with E-state index in [4.69, 9.17) is 5.26 Å². The number of hydrogen-bond donors (Lipinski definition) is 1. The van der Waals surface area contributed by atoms with Crippen molar-refractivity contribution in [3.8, 4) is 6.07 Å². The Morgan fingerprint density at radius 1 is 1.35 bits per heavy atom. The number of nitrogens with zero attached hydrogens (tertiary/aromatic N) is 3. The van der Waals surface area contributed by atoms with Crippen molar-refractivity contribution in [3.05, 3.63) is 29.8 Å². The maximum atomic E-state index is 12.3. The van der Waals surface area contributed by atoms with Gasteiger partial charge in [-0.25, -0.2) is 0 Å². The maximum absolute atomic E-state index is 12.3. The van der Waals surface area contributed by atoms with Crippen molar-refractivity contribution in [2.75, 3.05) is 39.0 Å². The third kappa shape index (κ3) is 4.46. The summed E-state index contributed by atoms with van der Waals surface area (Å²) in [6.45, 7) is 1.38. The molecule has 1 N–H and O–H groups in total. The van der Waals surface area contributed by atoms with E-state index in [1.54, 1.807) is 48.2 Å². The minimum atomic E-state index is -0.0994. The molecule has 1 aliphatic heterocycles. The van der Waals surface area contributed by atoms with Crippen LogP contribution in [-0.4, -0.2) is 55.3 Å².